The van der Waals surface area contributed by atoms with Gasteiger partial charge < -0.3 is 4.42 Å². The summed E-state index contributed by atoms with van der Waals surface area (Å²) in [6.45, 7) is 0. The van der Waals surface area contributed by atoms with E-state index in [2.05, 4.69) is 5.32 Å². The van der Waals surface area contributed by atoms with E-state index in [-0.39, 0.29) is 10.7 Å². The van der Waals surface area contributed by atoms with E-state index >= 15 is 0 Å². The Morgan fingerprint density at radius 3 is 2.16 bits per heavy atom. The third kappa shape index (κ3) is 3.11. The number of anilines is 1. The molecule has 0 saturated carbocycles. The molecule has 14 heteroatoms. The van der Waals surface area contributed by atoms with Crippen LogP contribution in [0.3, 0.4) is 0 Å². The second-order valence-corrected chi connectivity index (χ2v) is 7.08. The molecule has 1 aliphatic rings. The number of nitrogens with zero attached hydrogens (tertiary/aromatic N) is 1. The molecule has 4 rings (SSSR count). The number of furan rings is 1. The van der Waals surface area contributed by atoms with Crippen LogP contribution in [0.1, 0.15) is 11.3 Å². The molecule has 1 aromatic carbocycles. The summed E-state index contributed by atoms with van der Waals surface area (Å²) in [6.07, 6.45) is -11.1. The molecule has 0 saturated heterocycles. The second kappa shape index (κ2) is 7.02. The molecule has 3 heterocycles. The van der Waals surface area contributed by atoms with Crippen molar-refractivity contribution >= 4 is 23.3 Å². The van der Waals surface area contributed by atoms with Crippen LogP contribution in [0.25, 0.3) is 5.69 Å². The molecule has 3 N–H and O–H groups in total. The van der Waals surface area contributed by atoms with E-state index in [4.69, 9.17) is 16.0 Å². The van der Waals surface area contributed by atoms with Crippen LogP contribution in [0.5, 0.6) is 0 Å². The van der Waals surface area contributed by atoms with Crippen molar-refractivity contribution in [3.8, 4) is 5.69 Å². The van der Waals surface area contributed by atoms with Crippen molar-refractivity contribution in [2.75, 3.05) is 5.32 Å². The summed E-state index contributed by atoms with van der Waals surface area (Å²) in [5.74, 6) is -2.32. The second-order valence-electron chi connectivity index (χ2n) is 6.64. The number of benzene rings is 1. The minimum Gasteiger partial charge on any atom is -0.456 e. The fourth-order valence-electron chi connectivity index (χ4n) is 3.37. The summed E-state index contributed by atoms with van der Waals surface area (Å²) in [7, 11) is 0. The topological polar surface area (TPSA) is 94.0 Å². The molecular weight excluding hydrogens is 470 g/mol. The van der Waals surface area contributed by atoms with Crippen molar-refractivity contribution in [3.05, 3.63) is 79.8 Å². The van der Waals surface area contributed by atoms with Crippen molar-refractivity contribution in [2.45, 2.75) is 17.9 Å². The number of aromatic amines is 1. The first-order valence-corrected chi connectivity index (χ1v) is 9.00. The van der Waals surface area contributed by atoms with Crippen LogP contribution in [0, 0.1) is 0 Å². The highest BCUT2D eigenvalue weighted by Crippen LogP contribution is 2.48. The van der Waals surface area contributed by atoms with Crippen LogP contribution >= 0.6 is 11.6 Å². The third-order valence-corrected chi connectivity index (χ3v) is 5.00. The number of H-pyrrole nitrogens is 1. The predicted octanol–water partition coefficient (Wildman–Crippen LogP) is 2.04. The van der Waals surface area contributed by atoms with Crippen LogP contribution in [0.2, 0.25) is 5.02 Å². The lowest BCUT2D eigenvalue weighted by molar-refractivity contribution is -0.658. The number of aromatic nitrogens is 2. The van der Waals surface area contributed by atoms with Crippen LogP contribution < -0.4 is 21.6 Å². The Balaban J connectivity index is 2.18. The van der Waals surface area contributed by atoms with Gasteiger partial charge in [-0.25, -0.2) is 19.7 Å². The van der Waals surface area contributed by atoms with E-state index in [1.54, 1.807) is 0 Å². The fraction of sp³-hybridized carbons (Fsp3) is 0.167. The zero-order chi connectivity index (χ0) is 23.5. The first kappa shape index (κ1) is 21.7. The van der Waals surface area contributed by atoms with Crippen molar-refractivity contribution in [1.82, 2.24) is 9.55 Å². The zero-order valence-electron chi connectivity index (χ0n) is 15.4. The molecular formula is C18H10ClF6N4O3+. The van der Waals surface area contributed by atoms with Gasteiger partial charge in [-0.2, -0.15) is 26.3 Å². The van der Waals surface area contributed by atoms with Gasteiger partial charge in [0.15, 0.2) is 0 Å². The minimum atomic E-state index is -6.06. The average Bonchev–Trinajstić information content (AvgIpc) is 3.21. The molecule has 0 spiro atoms. The standard InChI is InChI=1S/C18H9ClF6N4O3/c19-8-3-5-9(6-4-8)29-13-11(14(30)27-15(29)31)16(17(20,21)22,18(23,24)25)28-12(26-13)10-2-1-7-32-10/h1-7H,(H,26,28)(H,27,30,31)/p+1. The molecule has 168 valence electrons. The summed E-state index contributed by atoms with van der Waals surface area (Å²) in [5, 5.41) is 2.48. The maximum atomic E-state index is 14.1. The van der Waals surface area contributed by atoms with Crippen LogP contribution in [-0.2, 0) is 5.54 Å². The van der Waals surface area contributed by atoms with E-state index in [9.17, 15) is 35.9 Å². The highest BCUT2D eigenvalue weighted by Gasteiger charge is 2.78. The van der Waals surface area contributed by atoms with Crippen molar-refractivity contribution in [2.24, 2.45) is 0 Å². The number of halogens is 7. The SMILES string of the molecule is O=c1[nH]c(=O)n(-c2ccc(Cl)cc2)c2c1C(C(F)(F)F)(C(F)(F)F)[NH+]=C(c1ccco1)N2. The molecule has 7 nitrogen and oxygen atoms in total. The Kier molecular flexibility index (Phi) is 4.77. The van der Waals surface area contributed by atoms with Crippen LogP contribution in [0.4, 0.5) is 32.2 Å². The lowest BCUT2D eigenvalue weighted by Crippen LogP contribution is -2.97. The van der Waals surface area contributed by atoms with Gasteiger partial charge in [-0.3, -0.25) is 9.78 Å². The summed E-state index contributed by atoms with van der Waals surface area (Å²) >= 11 is 5.78. The van der Waals surface area contributed by atoms with Gasteiger partial charge >= 0.3 is 29.4 Å². The Morgan fingerprint density at radius 2 is 1.62 bits per heavy atom. The molecule has 0 aliphatic carbocycles. The highest BCUT2D eigenvalue weighted by molar-refractivity contribution is 6.30. The first-order valence-electron chi connectivity index (χ1n) is 8.62. The number of fused-ring (bicyclic) bond motifs is 1. The molecule has 1 aliphatic heterocycles. The zero-order valence-corrected chi connectivity index (χ0v) is 16.1. The predicted molar refractivity (Wildman–Crippen MR) is 98.9 cm³/mol. The lowest BCUT2D eigenvalue weighted by atomic mass is 9.88. The lowest BCUT2D eigenvalue weighted by Gasteiger charge is -2.34. The molecule has 2 aromatic heterocycles. The Morgan fingerprint density at radius 1 is 1.00 bits per heavy atom. The van der Waals surface area contributed by atoms with Gasteiger partial charge in [-0.1, -0.05) is 11.6 Å². The molecule has 32 heavy (non-hydrogen) atoms. The minimum absolute atomic E-state index is 0.154. The summed E-state index contributed by atoms with van der Waals surface area (Å²) < 4.78 is 90.3. The molecule has 0 amide bonds. The van der Waals surface area contributed by atoms with Crippen molar-refractivity contribution in [3.63, 3.8) is 0 Å². The number of rotatable bonds is 2. The first-order chi connectivity index (χ1) is 14.9. The van der Waals surface area contributed by atoms with Gasteiger partial charge in [-0.05, 0) is 36.4 Å². The smallest absolute Gasteiger partial charge is 0.446 e. The van der Waals surface area contributed by atoms with Gasteiger partial charge in [0.25, 0.3) is 5.56 Å². The van der Waals surface area contributed by atoms with Gasteiger partial charge in [0.2, 0.25) is 11.6 Å². The summed E-state index contributed by atoms with van der Waals surface area (Å²) in [5.41, 5.74) is -9.95. The number of alkyl halides is 6. The Hall–Kier alpha value is -3.48. The maximum absolute atomic E-state index is 14.1. The van der Waals surface area contributed by atoms with E-state index in [1.165, 1.54) is 40.3 Å². The number of hydrogen-bond donors (Lipinski definition) is 3. The molecule has 3 aromatic rings. The summed E-state index contributed by atoms with van der Waals surface area (Å²) in [4.78, 5) is 27.8. The van der Waals surface area contributed by atoms with Gasteiger partial charge in [0.1, 0.15) is 5.56 Å². The van der Waals surface area contributed by atoms with Crippen molar-refractivity contribution < 1.29 is 35.8 Å². The monoisotopic (exact) mass is 479 g/mol. The number of nitrogens with one attached hydrogen (secondary N) is 3. The maximum Gasteiger partial charge on any atom is 0.446 e. The Labute approximate surface area is 178 Å². The molecule has 0 bridgehead atoms. The Bertz CT molecular complexity index is 1310. The third-order valence-electron chi connectivity index (χ3n) is 4.74. The van der Waals surface area contributed by atoms with E-state index in [0.717, 1.165) is 12.3 Å². The van der Waals surface area contributed by atoms with Gasteiger partial charge in [0.05, 0.1) is 12.0 Å². The summed E-state index contributed by atoms with van der Waals surface area (Å²) in [6, 6.07) is 7.21. The average molecular weight is 480 g/mol. The van der Waals surface area contributed by atoms with Gasteiger partial charge in [-0.15, -0.1) is 0 Å². The molecule has 0 atom stereocenters. The van der Waals surface area contributed by atoms with Crippen molar-refractivity contribution in [1.29, 1.82) is 0 Å². The van der Waals surface area contributed by atoms with Crippen LogP contribution in [0.15, 0.2) is 56.7 Å². The van der Waals surface area contributed by atoms with Gasteiger partial charge in [0, 0.05) is 5.02 Å². The molecule has 0 unspecified atom stereocenters. The fourth-order valence-corrected chi connectivity index (χ4v) is 3.49. The van der Waals surface area contributed by atoms with Crippen LogP contribution in [-0.4, -0.2) is 27.7 Å². The molecule has 0 fully saturated rings. The normalized spacial score (nSPS) is 15.7. The highest BCUT2D eigenvalue weighted by atomic mass is 35.5. The number of amidine groups is 1. The largest absolute Gasteiger partial charge is 0.456 e. The van der Waals surface area contributed by atoms with E-state index < -0.39 is 52.1 Å². The quantitative estimate of drug-likeness (QED) is 0.490. The van der Waals surface area contributed by atoms with E-state index in [1.807, 2.05) is 0 Å². The van der Waals surface area contributed by atoms with E-state index in [0.29, 0.717) is 4.57 Å². The molecule has 0 radical (unpaired) electrons. The number of hydrogen-bond acceptors (Lipinski definition) is 4.